The molecule has 0 unspecified atom stereocenters. The summed E-state index contributed by atoms with van der Waals surface area (Å²) in [5, 5.41) is 3.64. The van der Waals surface area contributed by atoms with Crippen LogP contribution >= 0.6 is 0 Å². The molecule has 0 heterocycles. The maximum absolute atomic E-state index is 13.1. The summed E-state index contributed by atoms with van der Waals surface area (Å²) in [6.45, 7) is 3.30. The lowest BCUT2D eigenvalue weighted by atomic mass is 10.1. The highest BCUT2D eigenvalue weighted by Crippen LogP contribution is 2.44. The first-order valence-corrected chi connectivity index (χ1v) is 7.36. The topological polar surface area (TPSA) is 21.3 Å². The summed E-state index contributed by atoms with van der Waals surface area (Å²) in [4.78, 5) is 0. The van der Waals surface area contributed by atoms with Gasteiger partial charge in [0.25, 0.3) is 0 Å². The van der Waals surface area contributed by atoms with E-state index < -0.39 is 0 Å². The van der Waals surface area contributed by atoms with E-state index in [0.29, 0.717) is 12.2 Å². The molecule has 0 saturated heterocycles. The molecule has 2 saturated carbocycles. The summed E-state index contributed by atoms with van der Waals surface area (Å²) in [6.07, 6.45) is 5.58. The summed E-state index contributed by atoms with van der Waals surface area (Å²) in [6, 6.07) is 5.64. The van der Waals surface area contributed by atoms with Crippen molar-refractivity contribution in [2.24, 2.45) is 11.8 Å². The number of aryl methyl sites for hydroxylation is 1. The molecule has 0 spiro atoms. The highest BCUT2D eigenvalue weighted by atomic mass is 19.1. The standard InChI is InChI=1S/C16H22FNO/c1-11-10-14(6-7-15(11)17)19-9-8-18-16(12-2-3-12)13-4-5-13/h6-7,10,12-13,16,18H,2-5,8-9H2,1H3. The molecule has 19 heavy (non-hydrogen) atoms. The molecule has 104 valence electrons. The zero-order valence-electron chi connectivity index (χ0n) is 11.5. The fourth-order valence-corrected chi connectivity index (χ4v) is 2.73. The van der Waals surface area contributed by atoms with Crippen LogP contribution in [0.1, 0.15) is 31.2 Å². The Hall–Kier alpha value is -1.09. The van der Waals surface area contributed by atoms with Crippen LogP contribution in [0.5, 0.6) is 5.75 Å². The monoisotopic (exact) mass is 263 g/mol. The van der Waals surface area contributed by atoms with E-state index in [9.17, 15) is 4.39 Å². The average Bonchev–Trinajstić information content (AvgIpc) is 3.27. The van der Waals surface area contributed by atoms with Crippen LogP contribution in [0.15, 0.2) is 18.2 Å². The Bertz CT molecular complexity index is 428. The number of nitrogens with one attached hydrogen (secondary N) is 1. The van der Waals surface area contributed by atoms with Crippen LogP contribution in [-0.2, 0) is 0 Å². The van der Waals surface area contributed by atoms with Gasteiger partial charge in [0, 0.05) is 12.6 Å². The highest BCUT2D eigenvalue weighted by molar-refractivity contribution is 5.28. The third-order valence-corrected chi connectivity index (χ3v) is 4.14. The highest BCUT2D eigenvalue weighted by Gasteiger charge is 2.40. The Morgan fingerprint density at radius 3 is 2.53 bits per heavy atom. The van der Waals surface area contributed by atoms with Crippen molar-refractivity contribution in [3.05, 3.63) is 29.6 Å². The second kappa shape index (κ2) is 5.49. The molecular formula is C16H22FNO. The molecule has 0 aliphatic heterocycles. The molecule has 1 aromatic rings. The van der Waals surface area contributed by atoms with E-state index in [-0.39, 0.29) is 5.82 Å². The maximum Gasteiger partial charge on any atom is 0.126 e. The normalized spacial score (nSPS) is 18.9. The van der Waals surface area contributed by atoms with Crippen molar-refractivity contribution < 1.29 is 9.13 Å². The van der Waals surface area contributed by atoms with E-state index in [0.717, 1.165) is 30.2 Å². The van der Waals surface area contributed by atoms with Gasteiger partial charge < -0.3 is 10.1 Å². The lowest BCUT2D eigenvalue weighted by Crippen LogP contribution is -2.36. The van der Waals surface area contributed by atoms with Crippen LogP contribution in [0.25, 0.3) is 0 Å². The number of hydrogen-bond donors (Lipinski definition) is 1. The number of hydrogen-bond acceptors (Lipinski definition) is 2. The minimum absolute atomic E-state index is 0.173. The molecule has 2 aliphatic carbocycles. The van der Waals surface area contributed by atoms with E-state index >= 15 is 0 Å². The smallest absolute Gasteiger partial charge is 0.126 e. The summed E-state index contributed by atoms with van der Waals surface area (Å²) in [5.74, 6) is 2.42. The molecule has 0 bridgehead atoms. The van der Waals surface area contributed by atoms with Gasteiger partial charge in [-0.3, -0.25) is 0 Å². The number of ether oxygens (including phenoxy) is 1. The molecule has 0 atom stereocenters. The zero-order chi connectivity index (χ0) is 13.2. The molecule has 3 rings (SSSR count). The summed E-state index contributed by atoms with van der Waals surface area (Å²) >= 11 is 0. The molecule has 0 aromatic heterocycles. The summed E-state index contributed by atoms with van der Waals surface area (Å²) in [7, 11) is 0. The maximum atomic E-state index is 13.1. The third kappa shape index (κ3) is 3.47. The van der Waals surface area contributed by atoms with Gasteiger partial charge in [0.2, 0.25) is 0 Å². The Morgan fingerprint density at radius 1 is 1.26 bits per heavy atom. The fraction of sp³-hybridized carbons (Fsp3) is 0.625. The minimum atomic E-state index is -0.173. The number of halogens is 1. The molecule has 1 N–H and O–H groups in total. The van der Waals surface area contributed by atoms with Crippen molar-refractivity contribution in [2.45, 2.75) is 38.6 Å². The van der Waals surface area contributed by atoms with Gasteiger partial charge in [0.15, 0.2) is 0 Å². The van der Waals surface area contributed by atoms with Gasteiger partial charge in [0.1, 0.15) is 18.2 Å². The third-order valence-electron chi connectivity index (χ3n) is 4.14. The van der Waals surface area contributed by atoms with Gasteiger partial charge in [-0.25, -0.2) is 4.39 Å². The van der Waals surface area contributed by atoms with Gasteiger partial charge >= 0.3 is 0 Å². The molecule has 3 heteroatoms. The molecule has 0 radical (unpaired) electrons. The quantitative estimate of drug-likeness (QED) is 0.762. The first-order chi connectivity index (χ1) is 9.24. The average molecular weight is 263 g/mol. The Labute approximate surface area is 114 Å². The SMILES string of the molecule is Cc1cc(OCCNC(C2CC2)C2CC2)ccc1F. The van der Waals surface area contributed by atoms with Crippen molar-refractivity contribution in [3.8, 4) is 5.75 Å². The van der Waals surface area contributed by atoms with Crippen LogP contribution < -0.4 is 10.1 Å². The first-order valence-electron chi connectivity index (χ1n) is 7.36. The molecular weight excluding hydrogens is 241 g/mol. The van der Waals surface area contributed by atoms with E-state index in [2.05, 4.69) is 5.32 Å². The second-order valence-corrected chi connectivity index (χ2v) is 5.91. The van der Waals surface area contributed by atoms with Gasteiger partial charge in [-0.15, -0.1) is 0 Å². The lowest BCUT2D eigenvalue weighted by molar-refractivity contribution is 0.293. The van der Waals surface area contributed by atoms with Gasteiger partial charge in [-0.2, -0.15) is 0 Å². The van der Waals surface area contributed by atoms with Crippen molar-refractivity contribution >= 4 is 0 Å². The van der Waals surface area contributed by atoms with Gasteiger partial charge in [0.05, 0.1) is 0 Å². The number of rotatable bonds is 7. The first kappa shape index (κ1) is 12.9. The van der Waals surface area contributed by atoms with Crippen molar-refractivity contribution in [1.82, 2.24) is 5.32 Å². The van der Waals surface area contributed by atoms with Crippen LogP contribution in [0.2, 0.25) is 0 Å². The van der Waals surface area contributed by atoms with Crippen LogP contribution in [0.3, 0.4) is 0 Å². The van der Waals surface area contributed by atoms with Crippen LogP contribution in [-0.4, -0.2) is 19.2 Å². The molecule has 1 aromatic carbocycles. The lowest BCUT2D eigenvalue weighted by Gasteiger charge is -2.17. The van der Waals surface area contributed by atoms with Gasteiger partial charge in [-0.1, -0.05) is 0 Å². The Balaban J connectivity index is 1.41. The van der Waals surface area contributed by atoms with Crippen molar-refractivity contribution in [1.29, 1.82) is 0 Å². The van der Waals surface area contributed by atoms with E-state index in [1.807, 2.05) is 0 Å². The number of benzene rings is 1. The summed E-state index contributed by atoms with van der Waals surface area (Å²) < 4.78 is 18.8. The Morgan fingerprint density at radius 2 is 1.95 bits per heavy atom. The molecule has 2 fully saturated rings. The fourth-order valence-electron chi connectivity index (χ4n) is 2.73. The summed E-state index contributed by atoms with van der Waals surface area (Å²) in [5.41, 5.74) is 0.638. The molecule has 0 amide bonds. The van der Waals surface area contributed by atoms with E-state index in [1.54, 1.807) is 19.1 Å². The van der Waals surface area contributed by atoms with Crippen molar-refractivity contribution in [3.63, 3.8) is 0 Å². The largest absolute Gasteiger partial charge is 0.492 e. The second-order valence-electron chi connectivity index (χ2n) is 5.91. The van der Waals surface area contributed by atoms with E-state index in [1.165, 1.54) is 31.7 Å². The Kier molecular flexibility index (Phi) is 3.74. The predicted molar refractivity (Wildman–Crippen MR) is 73.9 cm³/mol. The minimum Gasteiger partial charge on any atom is -0.492 e. The van der Waals surface area contributed by atoms with Gasteiger partial charge in [-0.05, 0) is 68.2 Å². The zero-order valence-corrected chi connectivity index (χ0v) is 11.5. The van der Waals surface area contributed by atoms with Crippen LogP contribution in [0, 0.1) is 24.6 Å². The molecule has 2 nitrogen and oxygen atoms in total. The van der Waals surface area contributed by atoms with E-state index in [4.69, 9.17) is 4.74 Å². The predicted octanol–water partition coefficient (Wildman–Crippen LogP) is 3.29. The van der Waals surface area contributed by atoms with Crippen molar-refractivity contribution in [2.75, 3.05) is 13.2 Å². The van der Waals surface area contributed by atoms with Crippen LogP contribution in [0.4, 0.5) is 4.39 Å². The molecule has 2 aliphatic rings.